The van der Waals surface area contributed by atoms with E-state index in [0.717, 1.165) is 12.8 Å². The lowest BCUT2D eigenvalue weighted by Crippen LogP contribution is -2.48. The summed E-state index contributed by atoms with van der Waals surface area (Å²) in [6.07, 6.45) is 1.65. The summed E-state index contributed by atoms with van der Waals surface area (Å²) in [6.45, 7) is 3.79. The molecule has 10 heteroatoms. The van der Waals surface area contributed by atoms with Gasteiger partial charge in [0.25, 0.3) is 0 Å². The minimum atomic E-state index is -1.55. The predicted octanol–water partition coefficient (Wildman–Crippen LogP) is 3.37. The predicted molar refractivity (Wildman–Crippen MR) is 110 cm³/mol. The maximum atomic E-state index is 12.8. The van der Waals surface area contributed by atoms with E-state index in [1.165, 1.54) is 19.2 Å². The molecular weight excluding hydrogens is 421 g/mol. The number of carboxylic acid groups (broad SMARTS) is 1. The number of nitrogens with zero attached hydrogens (tertiary/aromatic N) is 3. The minimum Gasteiger partial charge on any atom is -0.449 e. The summed E-state index contributed by atoms with van der Waals surface area (Å²) in [4.78, 5) is 39.1. The zero-order valence-electron chi connectivity index (χ0n) is 15.7. The first kappa shape index (κ1) is 19.8. The van der Waals surface area contributed by atoms with Crippen LogP contribution in [0.15, 0.2) is 17.1 Å². The van der Waals surface area contributed by atoms with Crippen LogP contribution in [0.2, 0.25) is 10.0 Å². The third-order valence-electron chi connectivity index (χ3n) is 5.33. The highest BCUT2D eigenvalue weighted by molar-refractivity contribution is 6.42. The van der Waals surface area contributed by atoms with Gasteiger partial charge in [-0.1, -0.05) is 23.2 Å². The van der Waals surface area contributed by atoms with E-state index in [1.54, 1.807) is 4.90 Å². The molecule has 1 saturated carbocycles. The first-order chi connectivity index (χ1) is 13.8. The first-order valence-electron chi connectivity index (χ1n) is 9.26. The Morgan fingerprint density at radius 3 is 2.38 bits per heavy atom. The lowest BCUT2D eigenvalue weighted by molar-refractivity contribution is -0.129. The molecule has 0 spiro atoms. The van der Waals surface area contributed by atoms with E-state index in [1.807, 2.05) is 9.47 Å². The lowest BCUT2D eigenvalue weighted by atomic mass is 10.1. The fourth-order valence-corrected chi connectivity index (χ4v) is 4.54. The number of carbonyl (C=O) groups is 2. The van der Waals surface area contributed by atoms with Crippen molar-refractivity contribution in [1.82, 2.24) is 9.47 Å². The van der Waals surface area contributed by atoms with Gasteiger partial charge in [-0.05, 0) is 18.9 Å². The molecule has 2 heterocycles. The summed E-state index contributed by atoms with van der Waals surface area (Å²) < 4.78 is 6.49. The number of hydrogen-bond donors (Lipinski definition) is 1. The molecule has 154 valence electrons. The number of ether oxygens (including phenoxy) is 1. The van der Waals surface area contributed by atoms with Crippen molar-refractivity contribution in [2.75, 3.05) is 31.1 Å². The highest BCUT2D eigenvalue weighted by atomic mass is 35.5. The van der Waals surface area contributed by atoms with Gasteiger partial charge in [0, 0.05) is 39.1 Å². The van der Waals surface area contributed by atoms with Crippen LogP contribution in [0.25, 0.3) is 10.9 Å². The first-order valence-corrected chi connectivity index (χ1v) is 10.0. The van der Waals surface area contributed by atoms with Crippen LogP contribution in [-0.2, 0) is 4.79 Å². The molecule has 2 aliphatic rings. The molecule has 2 fully saturated rings. The smallest absolute Gasteiger partial charge is 0.449 e. The number of fused-ring (bicyclic) bond motifs is 1. The van der Waals surface area contributed by atoms with Crippen LogP contribution in [0.1, 0.15) is 25.8 Å². The lowest BCUT2D eigenvalue weighted by Gasteiger charge is -2.36. The number of rotatable bonds is 3. The Morgan fingerprint density at radius 2 is 1.83 bits per heavy atom. The molecule has 0 bridgehead atoms. The molecule has 1 N–H and O–H groups in total. The Hall–Kier alpha value is -2.45. The van der Waals surface area contributed by atoms with E-state index in [9.17, 15) is 14.4 Å². The second-order valence-corrected chi connectivity index (χ2v) is 8.02. The van der Waals surface area contributed by atoms with E-state index in [4.69, 9.17) is 28.3 Å². The van der Waals surface area contributed by atoms with Gasteiger partial charge in [0.05, 0.1) is 32.8 Å². The van der Waals surface area contributed by atoms with Gasteiger partial charge in [0.15, 0.2) is 5.75 Å². The largest absolute Gasteiger partial charge is 0.511 e. The Balaban J connectivity index is 1.84. The van der Waals surface area contributed by atoms with Gasteiger partial charge in [0.1, 0.15) is 0 Å². The number of halogens is 2. The third kappa shape index (κ3) is 3.62. The quantitative estimate of drug-likeness (QED) is 0.736. The molecule has 29 heavy (non-hydrogen) atoms. The molecule has 1 saturated heterocycles. The fourth-order valence-electron chi connectivity index (χ4n) is 3.75. The molecule has 1 amide bonds. The zero-order valence-corrected chi connectivity index (χ0v) is 17.2. The molecule has 4 rings (SSSR count). The van der Waals surface area contributed by atoms with E-state index >= 15 is 0 Å². The van der Waals surface area contributed by atoms with E-state index in [2.05, 4.69) is 4.74 Å². The van der Waals surface area contributed by atoms with Crippen molar-refractivity contribution in [2.24, 2.45) is 0 Å². The summed E-state index contributed by atoms with van der Waals surface area (Å²) in [5.41, 5.74) is 0.561. The number of benzene rings is 1. The molecule has 1 aromatic heterocycles. The fraction of sp³-hybridized carbons (Fsp3) is 0.421. The number of hydrogen-bond acceptors (Lipinski definition) is 5. The average molecular weight is 440 g/mol. The van der Waals surface area contributed by atoms with Crippen molar-refractivity contribution in [3.8, 4) is 5.75 Å². The number of pyridine rings is 1. The van der Waals surface area contributed by atoms with E-state index in [0.29, 0.717) is 47.4 Å². The van der Waals surface area contributed by atoms with Gasteiger partial charge in [-0.3, -0.25) is 9.59 Å². The molecular formula is C19H19Cl2N3O5. The van der Waals surface area contributed by atoms with Gasteiger partial charge < -0.3 is 24.2 Å². The highest BCUT2D eigenvalue weighted by Gasteiger charge is 2.30. The third-order valence-corrected chi connectivity index (χ3v) is 5.98. The monoisotopic (exact) mass is 439 g/mol. The van der Waals surface area contributed by atoms with Gasteiger partial charge >= 0.3 is 6.16 Å². The van der Waals surface area contributed by atoms with Crippen LogP contribution in [-0.4, -0.2) is 52.8 Å². The van der Waals surface area contributed by atoms with E-state index < -0.39 is 11.6 Å². The van der Waals surface area contributed by atoms with Crippen LogP contribution in [0.5, 0.6) is 5.75 Å². The Morgan fingerprint density at radius 1 is 1.17 bits per heavy atom. The summed E-state index contributed by atoms with van der Waals surface area (Å²) in [5.74, 6) is -0.249. The van der Waals surface area contributed by atoms with Crippen LogP contribution in [0.3, 0.4) is 0 Å². The van der Waals surface area contributed by atoms with Crippen molar-refractivity contribution in [3.63, 3.8) is 0 Å². The van der Waals surface area contributed by atoms with Gasteiger partial charge in [-0.15, -0.1) is 0 Å². The highest BCUT2D eigenvalue weighted by Crippen LogP contribution is 2.44. The molecule has 0 atom stereocenters. The van der Waals surface area contributed by atoms with Crippen molar-refractivity contribution in [3.05, 3.63) is 32.5 Å². The summed E-state index contributed by atoms with van der Waals surface area (Å²) >= 11 is 13.3. The SMILES string of the molecule is CC(=O)N1CCN(c2c(Cl)cc3c(=O)c(OC(=O)O)cn(C4CC4)c3c2Cl)CC1. The van der Waals surface area contributed by atoms with Gasteiger partial charge in [0.2, 0.25) is 11.3 Å². The maximum absolute atomic E-state index is 12.8. The Kier molecular flexibility index (Phi) is 5.08. The van der Waals surface area contributed by atoms with Crippen molar-refractivity contribution >= 4 is 51.9 Å². The second kappa shape index (κ2) is 7.42. The average Bonchev–Trinajstić information content (AvgIpc) is 3.49. The van der Waals surface area contributed by atoms with Gasteiger partial charge in [-0.25, -0.2) is 4.79 Å². The molecule has 2 aromatic rings. The molecule has 1 aliphatic carbocycles. The number of aromatic nitrogens is 1. The van der Waals surface area contributed by atoms with Crippen LogP contribution in [0, 0.1) is 0 Å². The normalized spacial score (nSPS) is 16.9. The molecule has 1 aliphatic heterocycles. The van der Waals surface area contributed by atoms with Gasteiger partial charge in [-0.2, -0.15) is 0 Å². The van der Waals surface area contributed by atoms with Crippen molar-refractivity contribution < 1.29 is 19.4 Å². The number of anilines is 1. The maximum Gasteiger partial charge on any atom is 0.511 e. The molecule has 0 radical (unpaired) electrons. The standard InChI is InChI=1S/C19H19Cl2N3O5/c1-10(25)22-4-6-23(7-5-22)17-13(20)8-12-16(15(17)21)24(11-2-3-11)9-14(18(12)26)29-19(27)28/h8-9,11H,2-7H2,1H3,(H,27,28). The Bertz CT molecular complexity index is 1070. The zero-order chi connectivity index (χ0) is 20.9. The van der Waals surface area contributed by atoms with Crippen LogP contribution < -0.4 is 15.1 Å². The molecule has 1 aromatic carbocycles. The summed E-state index contributed by atoms with van der Waals surface area (Å²) in [5, 5.41) is 9.79. The van der Waals surface area contributed by atoms with Crippen molar-refractivity contribution in [1.29, 1.82) is 0 Å². The second-order valence-electron chi connectivity index (χ2n) is 7.24. The number of piperazine rings is 1. The van der Waals surface area contributed by atoms with E-state index in [-0.39, 0.29) is 23.1 Å². The van der Waals surface area contributed by atoms with Crippen molar-refractivity contribution in [2.45, 2.75) is 25.8 Å². The van der Waals surface area contributed by atoms with Crippen LogP contribution >= 0.6 is 23.2 Å². The molecule has 0 unspecified atom stereocenters. The molecule has 8 nitrogen and oxygen atoms in total. The summed E-state index contributed by atoms with van der Waals surface area (Å²) in [7, 11) is 0. The minimum absolute atomic E-state index is 0.0221. The number of amides is 1. The number of carbonyl (C=O) groups excluding carboxylic acids is 1. The topological polar surface area (TPSA) is 92.1 Å². The summed E-state index contributed by atoms with van der Waals surface area (Å²) in [6, 6.07) is 1.64. The van der Waals surface area contributed by atoms with Crippen LogP contribution in [0.4, 0.5) is 10.5 Å². The Labute approximate surface area is 176 Å².